The summed E-state index contributed by atoms with van der Waals surface area (Å²) in [5.74, 6) is -0.188. The van der Waals surface area contributed by atoms with Crippen LogP contribution in [0.15, 0.2) is 36.4 Å². The van der Waals surface area contributed by atoms with Gasteiger partial charge < -0.3 is 5.32 Å². The molecule has 108 valence electrons. The number of benzene rings is 1. The number of nitro groups is 1. The summed E-state index contributed by atoms with van der Waals surface area (Å²) in [5, 5.41) is 13.7. The van der Waals surface area contributed by atoms with Gasteiger partial charge in [-0.05, 0) is 29.8 Å². The smallest absolute Gasteiger partial charge is 0.292 e. The van der Waals surface area contributed by atoms with Crippen LogP contribution in [0.5, 0.6) is 0 Å². The molecule has 1 aromatic carbocycles. The highest BCUT2D eigenvalue weighted by molar-refractivity contribution is 7.18. The summed E-state index contributed by atoms with van der Waals surface area (Å²) in [6.07, 6.45) is 2.92. The first-order valence-electron chi connectivity index (χ1n) is 5.95. The van der Waals surface area contributed by atoms with Gasteiger partial charge in [-0.25, -0.2) is 0 Å². The van der Waals surface area contributed by atoms with E-state index in [1.807, 2.05) is 0 Å². The SMILES string of the molecule is CNc1ccc(C=CC(=O)c2ccc(Cl)s2)cc1[N+](=O)[O-]. The molecule has 0 amide bonds. The minimum atomic E-state index is -0.468. The van der Waals surface area contributed by atoms with Gasteiger partial charge in [0.05, 0.1) is 14.1 Å². The number of thiophene rings is 1. The fourth-order valence-electron chi connectivity index (χ4n) is 1.72. The second-order valence-electron chi connectivity index (χ2n) is 4.09. The molecule has 2 aromatic rings. The summed E-state index contributed by atoms with van der Waals surface area (Å²) < 4.78 is 0.542. The Bertz CT molecular complexity index is 725. The zero-order valence-electron chi connectivity index (χ0n) is 11.0. The average molecular weight is 323 g/mol. The molecule has 21 heavy (non-hydrogen) atoms. The summed E-state index contributed by atoms with van der Waals surface area (Å²) in [6, 6.07) is 8.01. The first-order chi connectivity index (χ1) is 10.0. The molecule has 0 aliphatic carbocycles. The van der Waals surface area contributed by atoms with Gasteiger partial charge in [-0.15, -0.1) is 11.3 Å². The number of nitrogens with one attached hydrogen (secondary N) is 1. The van der Waals surface area contributed by atoms with Crippen molar-refractivity contribution in [2.45, 2.75) is 0 Å². The van der Waals surface area contributed by atoms with E-state index in [0.717, 1.165) is 0 Å². The lowest BCUT2D eigenvalue weighted by molar-refractivity contribution is -0.383. The number of carbonyl (C=O) groups is 1. The summed E-state index contributed by atoms with van der Waals surface area (Å²) in [7, 11) is 1.61. The first kappa shape index (κ1) is 15.2. The molecule has 2 rings (SSSR count). The maximum absolute atomic E-state index is 11.9. The highest BCUT2D eigenvalue weighted by Crippen LogP contribution is 2.26. The van der Waals surface area contributed by atoms with Gasteiger partial charge in [-0.1, -0.05) is 23.7 Å². The highest BCUT2D eigenvalue weighted by Gasteiger charge is 2.12. The number of ketones is 1. The molecule has 0 spiro atoms. The maximum Gasteiger partial charge on any atom is 0.292 e. The van der Waals surface area contributed by atoms with Crippen LogP contribution in [0.2, 0.25) is 4.34 Å². The third-order valence-corrected chi connectivity index (χ3v) is 3.98. The van der Waals surface area contributed by atoms with Crippen LogP contribution in [0.1, 0.15) is 15.2 Å². The largest absolute Gasteiger partial charge is 0.383 e. The molecular formula is C14H11ClN2O3S. The van der Waals surface area contributed by atoms with Gasteiger partial charge in [-0.2, -0.15) is 0 Å². The van der Waals surface area contributed by atoms with Gasteiger partial charge in [0.25, 0.3) is 5.69 Å². The fourth-order valence-corrected chi connectivity index (χ4v) is 2.68. The van der Waals surface area contributed by atoms with E-state index < -0.39 is 4.92 Å². The van der Waals surface area contributed by atoms with Crippen molar-refractivity contribution in [2.24, 2.45) is 0 Å². The van der Waals surface area contributed by atoms with E-state index >= 15 is 0 Å². The minimum Gasteiger partial charge on any atom is -0.383 e. The van der Waals surface area contributed by atoms with Crippen molar-refractivity contribution in [3.63, 3.8) is 0 Å². The van der Waals surface area contributed by atoms with E-state index in [1.165, 1.54) is 23.5 Å². The Morgan fingerprint density at radius 3 is 2.71 bits per heavy atom. The first-order valence-corrected chi connectivity index (χ1v) is 7.14. The van der Waals surface area contributed by atoms with Crippen molar-refractivity contribution < 1.29 is 9.72 Å². The number of hydrogen-bond acceptors (Lipinski definition) is 5. The molecule has 1 N–H and O–H groups in total. The average Bonchev–Trinajstić information content (AvgIpc) is 2.91. The molecule has 0 fully saturated rings. The van der Waals surface area contributed by atoms with Crippen LogP contribution in [0, 0.1) is 10.1 Å². The lowest BCUT2D eigenvalue weighted by atomic mass is 10.1. The van der Waals surface area contributed by atoms with Crippen molar-refractivity contribution in [1.29, 1.82) is 0 Å². The standard InChI is InChI=1S/C14H11ClN2O3S/c1-16-10-4-2-9(8-11(10)17(19)20)3-5-12(18)13-6-7-14(15)21-13/h2-8,16H,1H3. The second-order valence-corrected chi connectivity index (χ2v) is 5.80. The summed E-state index contributed by atoms with van der Waals surface area (Å²) in [5.41, 5.74) is 0.969. The second kappa shape index (κ2) is 6.51. The Balaban J connectivity index is 2.23. The van der Waals surface area contributed by atoms with E-state index in [9.17, 15) is 14.9 Å². The third kappa shape index (κ3) is 3.68. The van der Waals surface area contributed by atoms with Crippen LogP contribution < -0.4 is 5.32 Å². The molecule has 7 heteroatoms. The van der Waals surface area contributed by atoms with Gasteiger partial charge >= 0.3 is 0 Å². The number of allylic oxidation sites excluding steroid dienone is 1. The lowest BCUT2D eigenvalue weighted by Crippen LogP contribution is -1.96. The van der Waals surface area contributed by atoms with Crippen LogP contribution >= 0.6 is 22.9 Å². The number of nitro benzene ring substituents is 1. The zero-order chi connectivity index (χ0) is 15.4. The van der Waals surface area contributed by atoms with Gasteiger partial charge in [0.1, 0.15) is 5.69 Å². The number of hydrogen-bond donors (Lipinski definition) is 1. The van der Waals surface area contributed by atoms with Crippen molar-refractivity contribution in [3.8, 4) is 0 Å². The molecule has 0 unspecified atom stereocenters. The zero-order valence-corrected chi connectivity index (χ0v) is 12.6. The van der Waals surface area contributed by atoms with Gasteiger partial charge in [0, 0.05) is 13.1 Å². The van der Waals surface area contributed by atoms with Gasteiger partial charge in [-0.3, -0.25) is 14.9 Å². The monoisotopic (exact) mass is 322 g/mol. The van der Waals surface area contributed by atoms with Crippen LogP contribution in [0.25, 0.3) is 6.08 Å². The predicted molar refractivity (Wildman–Crippen MR) is 85.3 cm³/mol. The quantitative estimate of drug-likeness (QED) is 0.386. The van der Waals surface area contributed by atoms with Crippen LogP contribution in [0.4, 0.5) is 11.4 Å². The summed E-state index contributed by atoms with van der Waals surface area (Å²) in [6.45, 7) is 0. The lowest BCUT2D eigenvalue weighted by Gasteiger charge is -2.02. The number of nitrogens with zero attached hydrogens (tertiary/aromatic N) is 1. The van der Waals surface area contributed by atoms with E-state index in [-0.39, 0.29) is 11.5 Å². The van der Waals surface area contributed by atoms with E-state index in [4.69, 9.17) is 11.6 Å². The van der Waals surface area contributed by atoms with Crippen molar-refractivity contribution in [1.82, 2.24) is 0 Å². The number of anilines is 1. The summed E-state index contributed by atoms with van der Waals surface area (Å²) in [4.78, 5) is 22.9. The van der Waals surface area contributed by atoms with Crippen LogP contribution in [-0.4, -0.2) is 17.8 Å². The van der Waals surface area contributed by atoms with Crippen molar-refractivity contribution in [2.75, 3.05) is 12.4 Å². The Kier molecular flexibility index (Phi) is 4.72. The molecule has 0 saturated carbocycles. The summed E-state index contributed by atoms with van der Waals surface area (Å²) >= 11 is 6.96. The highest BCUT2D eigenvalue weighted by atomic mass is 35.5. The van der Waals surface area contributed by atoms with E-state index in [0.29, 0.717) is 20.5 Å². The molecular weight excluding hydrogens is 312 g/mol. The van der Waals surface area contributed by atoms with Crippen LogP contribution in [0.3, 0.4) is 0 Å². The van der Waals surface area contributed by atoms with Gasteiger partial charge in [0.15, 0.2) is 5.78 Å². The molecule has 0 aliphatic heterocycles. The van der Waals surface area contributed by atoms with E-state index in [2.05, 4.69) is 5.32 Å². The number of rotatable bonds is 5. The topological polar surface area (TPSA) is 72.2 Å². The molecule has 0 bridgehead atoms. The van der Waals surface area contributed by atoms with E-state index in [1.54, 1.807) is 37.4 Å². The van der Waals surface area contributed by atoms with Gasteiger partial charge in [0.2, 0.25) is 0 Å². The molecule has 0 saturated heterocycles. The Hall–Kier alpha value is -2.18. The molecule has 5 nitrogen and oxygen atoms in total. The normalized spacial score (nSPS) is 10.8. The van der Waals surface area contributed by atoms with Crippen molar-refractivity contribution in [3.05, 3.63) is 61.3 Å². The fraction of sp³-hybridized carbons (Fsp3) is 0.0714. The Labute approximate surface area is 130 Å². The molecule has 1 aromatic heterocycles. The Morgan fingerprint density at radius 1 is 1.38 bits per heavy atom. The minimum absolute atomic E-state index is 0.0359. The molecule has 0 radical (unpaired) electrons. The van der Waals surface area contributed by atoms with Crippen molar-refractivity contribution >= 4 is 46.2 Å². The number of halogens is 1. The maximum atomic E-state index is 11.9. The molecule has 0 aliphatic rings. The molecule has 1 heterocycles. The third-order valence-electron chi connectivity index (χ3n) is 2.73. The predicted octanol–water partition coefficient (Wildman–Crippen LogP) is 4.25. The Morgan fingerprint density at radius 2 is 2.14 bits per heavy atom. The number of carbonyl (C=O) groups excluding carboxylic acids is 1. The molecule has 0 atom stereocenters. The van der Waals surface area contributed by atoms with Crippen LogP contribution in [-0.2, 0) is 0 Å².